The fourth-order valence-corrected chi connectivity index (χ4v) is 5.62. The lowest BCUT2D eigenvalue weighted by Crippen LogP contribution is -2.57. The Morgan fingerprint density at radius 3 is 2.58 bits per heavy atom. The summed E-state index contributed by atoms with van der Waals surface area (Å²) >= 11 is 0. The number of amides is 2. The first-order chi connectivity index (χ1) is 17.4. The van der Waals surface area contributed by atoms with E-state index < -0.39 is 30.1 Å². The van der Waals surface area contributed by atoms with E-state index in [1.165, 1.54) is 7.11 Å². The van der Waals surface area contributed by atoms with Gasteiger partial charge in [-0.1, -0.05) is 12.8 Å². The number of carbonyl (C=O) groups excluding carboxylic acids is 2. The van der Waals surface area contributed by atoms with Crippen molar-refractivity contribution in [2.45, 2.75) is 56.5 Å². The van der Waals surface area contributed by atoms with Crippen molar-refractivity contribution in [1.82, 2.24) is 10.2 Å². The number of rotatable bonds is 10. The molecule has 1 aromatic carbocycles. The predicted molar refractivity (Wildman–Crippen MR) is 130 cm³/mol. The molecule has 0 bridgehead atoms. The number of aliphatic hydroxyl groups is 3. The minimum atomic E-state index is -1.12. The maximum Gasteiger partial charge on any atom is 0.247 e. The summed E-state index contributed by atoms with van der Waals surface area (Å²) in [5.41, 5.74) is 1.54. The van der Waals surface area contributed by atoms with Crippen LogP contribution in [-0.2, 0) is 20.9 Å². The Morgan fingerprint density at radius 1 is 1.19 bits per heavy atom. The van der Waals surface area contributed by atoms with E-state index in [4.69, 9.17) is 14.2 Å². The SMILES string of the molecule is COCCN(C(=O)C1CCCC1)C1C=C(C(=O)NCCO)C2c3cc(CO)cc(OC)c3OC2C1O. The minimum absolute atomic E-state index is 0.0584. The van der Waals surface area contributed by atoms with Crippen LogP contribution in [0.4, 0.5) is 0 Å². The molecule has 0 radical (unpaired) electrons. The molecule has 198 valence electrons. The molecule has 1 fully saturated rings. The highest BCUT2D eigenvalue weighted by atomic mass is 16.5. The first-order valence-corrected chi connectivity index (χ1v) is 12.5. The molecule has 10 nitrogen and oxygen atoms in total. The van der Waals surface area contributed by atoms with E-state index in [9.17, 15) is 24.9 Å². The van der Waals surface area contributed by atoms with Crippen molar-refractivity contribution in [3.8, 4) is 11.5 Å². The number of ether oxygens (including phenoxy) is 3. The van der Waals surface area contributed by atoms with Crippen LogP contribution in [0, 0.1) is 5.92 Å². The highest BCUT2D eigenvalue weighted by molar-refractivity contribution is 5.96. The summed E-state index contributed by atoms with van der Waals surface area (Å²) in [4.78, 5) is 28.5. The van der Waals surface area contributed by atoms with E-state index in [-0.39, 0.29) is 44.7 Å². The topological polar surface area (TPSA) is 138 Å². The number of hydrogen-bond acceptors (Lipinski definition) is 8. The molecular weight excluding hydrogens is 468 g/mol. The maximum atomic E-state index is 13.5. The molecule has 4 atom stereocenters. The predicted octanol–water partition coefficient (Wildman–Crippen LogP) is 0.475. The molecule has 4 N–H and O–H groups in total. The van der Waals surface area contributed by atoms with Crippen molar-refractivity contribution in [2.24, 2.45) is 5.92 Å². The third-order valence-corrected chi connectivity index (χ3v) is 7.38. The Kier molecular flexibility index (Phi) is 8.50. The van der Waals surface area contributed by atoms with Crippen molar-refractivity contribution in [3.05, 3.63) is 34.9 Å². The molecule has 2 amide bonds. The molecule has 36 heavy (non-hydrogen) atoms. The second-order valence-electron chi connectivity index (χ2n) is 9.52. The average molecular weight is 505 g/mol. The third-order valence-electron chi connectivity index (χ3n) is 7.38. The quantitative estimate of drug-likeness (QED) is 0.361. The van der Waals surface area contributed by atoms with Crippen molar-refractivity contribution < 1.29 is 39.1 Å². The van der Waals surface area contributed by atoms with Crippen LogP contribution < -0.4 is 14.8 Å². The van der Waals surface area contributed by atoms with Crippen molar-refractivity contribution >= 4 is 11.8 Å². The highest BCUT2D eigenvalue weighted by Gasteiger charge is 2.51. The first-order valence-electron chi connectivity index (χ1n) is 12.5. The molecular formula is C26H36N2O8. The molecule has 1 saturated carbocycles. The van der Waals surface area contributed by atoms with E-state index in [2.05, 4.69) is 5.32 Å². The van der Waals surface area contributed by atoms with E-state index in [0.717, 1.165) is 25.7 Å². The fraction of sp³-hybridized carbons (Fsp3) is 0.615. The first kappa shape index (κ1) is 26.4. The minimum Gasteiger partial charge on any atom is -0.493 e. The number of aliphatic hydroxyl groups excluding tert-OH is 3. The van der Waals surface area contributed by atoms with Crippen LogP contribution in [-0.4, -0.2) is 90.8 Å². The largest absolute Gasteiger partial charge is 0.493 e. The normalized spacial score (nSPS) is 25.0. The second-order valence-corrected chi connectivity index (χ2v) is 9.52. The van der Waals surface area contributed by atoms with Gasteiger partial charge in [-0.25, -0.2) is 0 Å². The molecule has 10 heteroatoms. The zero-order valence-corrected chi connectivity index (χ0v) is 20.8. The maximum absolute atomic E-state index is 13.5. The third kappa shape index (κ3) is 4.95. The smallest absolute Gasteiger partial charge is 0.247 e. The van der Waals surface area contributed by atoms with Gasteiger partial charge in [0.2, 0.25) is 11.8 Å². The van der Waals surface area contributed by atoms with Gasteiger partial charge in [0.1, 0.15) is 12.2 Å². The molecule has 3 aliphatic rings. The number of methoxy groups -OCH3 is 2. The number of benzene rings is 1. The Labute approximate surface area is 210 Å². The van der Waals surface area contributed by atoms with Crippen LogP contribution in [0.15, 0.2) is 23.8 Å². The van der Waals surface area contributed by atoms with Gasteiger partial charge in [0.15, 0.2) is 11.5 Å². The number of nitrogens with one attached hydrogen (secondary N) is 1. The Bertz CT molecular complexity index is 990. The lowest BCUT2D eigenvalue weighted by atomic mass is 9.77. The molecule has 0 aromatic heterocycles. The number of fused-ring (bicyclic) bond motifs is 3. The van der Waals surface area contributed by atoms with Gasteiger partial charge < -0.3 is 39.7 Å². The van der Waals surface area contributed by atoms with Crippen LogP contribution in [0.3, 0.4) is 0 Å². The van der Waals surface area contributed by atoms with Crippen LogP contribution in [0.25, 0.3) is 0 Å². The van der Waals surface area contributed by atoms with Crippen LogP contribution in [0.5, 0.6) is 11.5 Å². The summed E-state index contributed by atoms with van der Waals surface area (Å²) in [7, 11) is 3.04. The highest BCUT2D eigenvalue weighted by Crippen LogP contribution is 2.51. The zero-order chi connectivity index (χ0) is 25.8. The summed E-state index contributed by atoms with van der Waals surface area (Å²) in [5, 5.41) is 33.3. The molecule has 2 aliphatic carbocycles. The average Bonchev–Trinajstić information content (AvgIpc) is 3.56. The van der Waals surface area contributed by atoms with Gasteiger partial charge in [0.05, 0.1) is 38.9 Å². The molecule has 0 spiro atoms. The van der Waals surface area contributed by atoms with E-state index in [1.54, 1.807) is 30.2 Å². The molecule has 1 aliphatic heterocycles. The van der Waals surface area contributed by atoms with Crippen molar-refractivity contribution in [2.75, 3.05) is 40.5 Å². The van der Waals surface area contributed by atoms with Crippen LogP contribution in [0.2, 0.25) is 0 Å². The van der Waals surface area contributed by atoms with Crippen LogP contribution >= 0.6 is 0 Å². The van der Waals surface area contributed by atoms with E-state index in [1.807, 2.05) is 0 Å². The van der Waals surface area contributed by atoms with Crippen molar-refractivity contribution in [1.29, 1.82) is 0 Å². The molecule has 4 unspecified atom stereocenters. The van der Waals surface area contributed by atoms with Gasteiger partial charge in [0.25, 0.3) is 0 Å². The summed E-state index contributed by atoms with van der Waals surface area (Å²) in [6.45, 7) is 0.142. The van der Waals surface area contributed by atoms with Crippen molar-refractivity contribution in [3.63, 3.8) is 0 Å². The summed E-state index contributed by atoms with van der Waals surface area (Å²) in [5.74, 6) is -0.453. The Hall–Kier alpha value is -2.66. The van der Waals surface area contributed by atoms with E-state index in [0.29, 0.717) is 28.2 Å². The van der Waals surface area contributed by atoms with E-state index >= 15 is 0 Å². The molecule has 1 heterocycles. The standard InChI is InChI=1S/C26H36N2O8/c1-34-10-8-28(26(33)16-5-3-4-6-16)19-13-18(25(32)27-7-9-29)21-17-11-15(14-30)12-20(35-2)23(17)36-24(21)22(19)31/h11-13,16,19,21-22,24,29-31H,3-10,14H2,1-2H3,(H,27,32). The number of hydrogen-bond donors (Lipinski definition) is 4. The molecule has 1 aromatic rings. The summed E-state index contributed by atoms with van der Waals surface area (Å²) in [6, 6.07) is 2.60. The van der Waals surface area contributed by atoms with Gasteiger partial charge in [0, 0.05) is 37.3 Å². The Balaban J connectivity index is 1.78. The number of carbonyl (C=O) groups is 2. The Morgan fingerprint density at radius 2 is 1.94 bits per heavy atom. The van der Waals surface area contributed by atoms with Gasteiger partial charge in [-0.2, -0.15) is 0 Å². The number of nitrogens with zero attached hydrogens (tertiary/aromatic N) is 1. The summed E-state index contributed by atoms with van der Waals surface area (Å²) < 4.78 is 17.0. The second kappa shape index (κ2) is 11.6. The lowest BCUT2D eigenvalue weighted by Gasteiger charge is -2.41. The van der Waals surface area contributed by atoms with Gasteiger partial charge in [-0.15, -0.1) is 0 Å². The lowest BCUT2D eigenvalue weighted by molar-refractivity contribution is -0.142. The zero-order valence-electron chi connectivity index (χ0n) is 20.8. The molecule has 0 saturated heterocycles. The van der Waals surface area contributed by atoms with Gasteiger partial charge in [-0.3, -0.25) is 9.59 Å². The molecule has 4 rings (SSSR count). The summed E-state index contributed by atoms with van der Waals surface area (Å²) in [6.07, 6.45) is 3.25. The van der Waals surface area contributed by atoms with Gasteiger partial charge >= 0.3 is 0 Å². The fourth-order valence-electron chi connectivity index (χ4n) is 5.62. The van der Waals surface area contributed by atoms with Crippen LogP contribution in [0.1, 0.15) is 42.7 Å². The van der Waals surface area contributed by atoms with Gasteiger partial charge in [-0.05, 0) is 36.6 Å². The monoisotopic (exact) mass is 504 g/mol.